The van der Waals surface area contributed by atoms with Crippen molar-refractivity contribution in [3.63, 3.8) is 0 Å². The van der Waals surface area contributed by atoms with E-state index < -0.39 is 0 Å². The molecule has 86 valence electrons. The van der Waals surface area contributed by atoms with Gasteiger partial charge in [0.05, 0.1) is 11.0 Å². The number of imidazole rings is 1. The van der Waals surface area contributed by atoms with Gasteiger partial charge in [0.2, 0.25) is 0 Å². The van der Waals surface area contributed by atoms with E-state index in [1.165, 1.54) is 0 Å². The minimum Gasteiger partial charge on any atom is -0.330 e. The Bertz CT molecular complexity index is 490. The molecule has 0 unspecified atom stereocenters. The van der Waals surface area contributed by atoms with E-state index in [1.807, 2.05) is 18.2 Å². The average Bonchev–Trinajstić information content (AvgIpc) is 2.63. The Morgan fingerprint density at radius 3 is 2.94 bits per heavy atom. The standard InChI is InChI=1S/C12H16ClN3/c1-2-16-11-8-9(13)5-6-10(11)15-12(16)4-3-7-14/h5-6,8H,2-4,7,14H2,1H3. The fourth-order valence-electron chi connectivity index (χ4n) is 1.95. The van der Waals surface area contributed by atoms with Crippen LogP contribution in [0.1, 0.15) is 19.2 Å². The van der Waals surface area contributed by atoms with E-state index in [2.05, 4.69) is 16.5 Å². The summed E-state index contributed by atoms with van der Waals surface area (Å²) < 4.78 is 2.21. The summed E-state index contributed by atoms with van der Waals surface area (Å²) in [6.07, 6.45) is 1.90. The minimum absolute atomic E-state index is 0.702. The lowest BCUT2D eigenvalue weighted by Gasteiger charge is -2.05. The van der Waals surface area contributed by atoms with E-state index in [0.717, 1.165) is 41.3 Å². The molecule has 0 spiro atoms. The number of nitrogens with two attached hydrogens (primary N) is 1. The lowest BCUT2D eigenvalue weighted by atomic mass is 10.3. The van der Waals surface area contributed by atoms with Gasteiger partial charge in [0.15, 0.2) is 0 Å². The molecule has 0 aliphatic rings. The molecule has 0 aliphatic carbocycles. The van der Waals surface area contributed by atoms with Crippen molar-refractivity contribution in [3.05, 3.63) is 29.0 Å². The van der Waals surface area contributed by atoms with Gasteiger partial charge in [0, 0.05) is 18.0 Å². The molecule has 0 aliphatic heterocycles. The van der Waals surface area contributed by atoms with Crippen LogP contribution in [0.5, 0.6) is 0 Å². The van der Waals surface area contributed by atoms with Crippen molar-refractivity contribution in [1.29, 1.82) is 0 Å². The number of rotatable bonds is 4. The van der Waals surface area contributed by atoms with E-state index in [9.17, 15) is 0 Å². The van der Waals surface area contributed by atoms with Gasteiger partial charge >= 0.3 is 0 Å². The molecule has 1 aromatic carbocycles. The summed E-state index contributed by atoms with van der Waals surface area (Å²) in [5.74, 6) is 1.10. The molecule has 0 fully saturated rings. The molecule has 0 bridgehead atoms. The highest BCUT2D eigenvalue weighted by molar-refractivity contribution is 6.31. The zero-order valence-corrected chi connectivity index (χ0v) is 10.2. The summed E-state index contributed by atoms with van der Waals surface area (Å²) in [5, 5.41) is 0.757. The van der Waals surface area contributed by atoms with Crippen molar-refractivity contribution in [2.45, 2.75) is 26.3 Å². The third-order valence-electron chi connectivity index (χ3n) is 2.71. The van der Waals surface area contributed by atoms with Gasteiger partial charge in [-0.25, -0.2) is 4.98 Å². The Morgan fingerprint density at radius 1 is 1.44 bits per heavy atom. The predicted molar refractivity (Wildman–Crippen MR) is 67.8 cm³/mol. The van der Waals surface area contributed by atoms with Crippen LogP contribution in [-0.2, 0) is 13.0 Å². The number of halogens is 1. The van der Waals surface area contributed by atoms with Gasteiger partial charge in [0.25, 0.3) is 0 Å². The zero-order chi connectivity index (χ0) is 11.5. The highest BCUT2D eigenvalue weighted by atomic mass is 35.5. The molecule has 16 heavy (non-hydrogen) atoms. The first-order valence-electron chi connectivity index (χ1n) is 5.61. The number of aromatic nitrogens is 2. The van der Waals surface area contributed by atoms with Gasteiger partial charge < -0.3 is 10.3 Å². The molecule has 0 radical (unpaired) electrons. The number of nitrogens with zero attached hydrogens (tertiary/aromatic N) is 2. The lowest BCUT2D eigenvalue weighted by Crippen LogP contribution is -2.06. The third kappa shape index (κ3) is 2.06. The number of benzene rings is 1. The summed E-state index contributed by atoms with van der Waals surface area (Å²) in [5.41, 5.74) is 7.65. The summed E-state index contributed by atoms with van der Waals surface area (Å²) >= 11 is 6.00. The molecule has 2 aromatic rings. The molecule has 0 saturated carbocycles. The van der Waals surface area contributed by atoms with Crippen molar-refractivity contribution in [1.82, 2.24) is 9.55 Å². The van der Waals surface area contributed by atoms with Gasteiger partial charge in [0.1, 0.15) is 5.82 Å². The topological polar surface area (TPSA) is 43.8 Å². The van der Waals surface area contributed by atoms with Crippen LogP contribution >= 0.6 is 11.6 Å². The van der Waals surface area contributed by atoms with Crippen molar-refractivity contribution < 1.29 is 0 Å². The lowest BCUT2D eigenvalue weighted by molar-refractivity contribution is 0.686. The second kappa shape index (κ2) is 4.85. The van der Waals surface area contributed by atoms with Crippen LogP contribution in [0.2, 0.25) is 5.02 Å². The molecule has 1 aromatic heterocycles. The van der Waals surface area contributed by atoms with Crippen molar-refractivity contribution >= 4 is 22.6 Å². The summed E-state index contributed by atoms with van der Waals surface area (Å²) in [4.78, 5) is 4.61. The molecular formula is C12H16ClN3. The van der Waals surface area contributed by atoms with Crippen molar-refractivity contribution in [3.8, 4) is 0 Å². The van der Waals surface area contributed by atoms with Gasteiger partial charge in [-0.3, -0.25) is 0 Å². The Balaban J connectivity index is 2.49. The van der Waals surface area contributed by atoms with Crippen LogP contribution in [0.25, 0.3) is 11.0 Å². The van der Waals surface area contributed by atoms with Crippen LogP contribution in [0.4, 0.5) is 0 Å². The van der Waals surface area contributed by atoms with Crippen LogP contribution in [0, 0.1) is 0 Å². The molecule has 3 nitrogen and oxygen atoms in total. The van der Waals surface area contributed by atoms with Gasteiger partial charge in [-0.1, -0.05) is 11.6 Å². The smallest absolute Gasteiger partial charge is 0.109 e. The SMILES string of the molecule is CCn1c(CCCN)nc2ccc(Cl)cc21. The van der Waals surface area contributed by atoms with E-state index in [1.54, 1.807) is 0 Å². The fraction of sp³-hybridized carbons (Fsp3) is 0.417. The number of fused-ring (bicyclic) bond motifs is 1. The average molecular weight is 238 g/mol. The largest absolute Gasteiger partial charge is 0.330 e. The normalized spacial score (nSPS) is 11.2. The highest BCUT2D eigenvalue weighted by Gasteiger charge is 2.08. The Hall–Kier alpha value is -1.06. The monoisotopic (exact) mass is 237 g/mol. The van der Waals surface area contributed by atoms with E-state index in [-0.39, 0.29) is 0 Å². The maximum Gasteiger partial charge on any atom is 0.109 e. The molecule has 0 atom stereocenters. The highest BCUT2D eigenvalue weighted by Crippen LogP contribution is 2.21. The first-order chi connectivity index (χ1) is 7.76. The van der Waals surface area contributed by atoms with Crippen LogP contribution in [0.15, 0.2) is 18.2 Å². The Morgan fingerprint density at radius 2 is 2.25 bits per heavy atom. The molecule has 2 rings (SSSR count). The predicted octanol–water partition coefficient (Wildman–Crippen LogP) is 2.60. The second-order valence-electron chi connectivity index (χ2n) is 3.80. The molecule has 0 saturated heterocycles. The molecule has 1 heterocycles. The summed E-state index contributed by atoms with van der Waals surface area (Å²) in [6, 6.07) is 5.82. The van der Waals surface area contributed by atoms with E-state index in [4.69, 9.17) is 17.3 Å². The maximum atomic E-state index is 6.00. The number of hydrogen-bond acceptors (Lipinski definition) is 2. The van der Waals surface area contributed by atoms with Crippen molar-refractivity contribution in [2.24, 2.45) is 5.73 Å². The van der Waals surface area contributed by atoms with Crippen molar-refractivity contribution in [2.75, 3.05) is 6.54 Å². The first kappa shape index (κ1) is 11.4. The van der Waals surface area contributed by atoms with Gasteiger partial charge in [-0.05, 0) is 38.1 Å². The summed E-state index contributed by atoms with van der Waals surface area (Å²) in [6.45, 7) is 3.73. The molecule has 2 N–H and O–H groups in total. The molecule has 0 amide bonds. The quantitative estimate of drug-likeness (QED) is 0.889. The molecule has 4 heteroatoms. The van der Waals surface area contributed by atoms with Crippen LogP contribution in [0.3, 0.4) is 0 Å². The first-order valence-corrected chi connectivity index (χ1v) is 5.98. The second-order valence-corrected chi connectivity index (χ2v) is 4.23. The third-order valence-corrected chi connectivity index (χ3v) is 2.95. The number of aryl methyl sites for hydroxylation is 2. The Kier molecular flexibility index (Phi) is 3.46. The molecular weight excluding hydrogens is 222 g/mol. The maximum absolute atomic E-state index is 6.00. The minimum atomic E-state index is 0.702. The fourth-order valence-corrected chi connectivity index (χ4v) is 2.12. The van der Waals surface area contributed by atoms with Gasteiger partial charge in [-0.15, -0.1) is 0 Å². The summed E-state index contributed by atoms with van der Waals surface area (Å²) in [7, 11) is 0. The Labute approximate surface area is 100 Å². The van der Waals surface area contributed by atoms with E-state index >= 15 is 0 Å². The van der Waals surface area contributed by atoms with Crippen LogP contribution < -0.4 is 5.73 Å². The van der Waals surface area contributed by atoms with Crippen LogP contribution in [-0.4, -0.2) is 16.1 Å². The zero-order valence-electron chi connectivity index (χ0n) is 9.41. The van der Waals surface area contributed by atoms with Gasteiger partial charge in [-0.2, -0.15) is 0 Å². The number of hydrogen-bond donors (Lipinski definition) is 1. The van der Waals surface area contributed by atoms with E-state index in [0.29, 0.717) is 6.54 Å².